The zero-order valence-corrected chi connectivity index (χ0v) is 18.7. The van der Waals surface area contributed by atoms with Gasteiger partial charge in [0.25, 0.3) is 0 Å². The molecule has 0 atom stereocenters. The molecule has 0 saturated heterocycles. The van der Waals surface area contributed by atoms with Gasteiger partial charge < -0.3 is 23.8 Å². The summed E-state index contributed by atoms with van der Waals surface area (Å²) in [5.41, 5.74) is 4.79. The van der Waals surface area contributed by atoms with Gasteiger partial charge in [-0.3, -0.25) is 4.79 Å². The zero-order chi connectivity index (χ0) is 22.8. The molecule has 0 saturated carbocycles. The third-order valence-electron chi connectivity index (χ3n) is 5.35. The van der Waals surface area contributed by atoms with Crippen LogP contribution in [-0.4, -0.2) is 70.2 Å². The Hall–Kier alpha value is -2.90. The van der Waals surface area contributed by atoms with Crippen LogP contribution < -0.4 is 0 Å². The summed E-state index contributed by atoms with van der Waals surface area (Å²) in [7, 11) is 1.69. The Bertz CT molecular complexity index is 854. The number of fused-ring (bicyclic) bond motifs is 3. The molecule has 1 aliphatic rings. The van der Waals surface area contributed by atoms with Crippen molar-refractivity contribution in [1.29, 1.82) is 0 Å². The Morgan fingerprint density at radius 2 is 1.44 bits per heavy atom. The van der Waals surface area contributed by atoms with Crippen LogP contribution in [0.1, 0.15) is 30.4 Å². The number of carbonyl (C=O) groups excluding carboxylic acids is 2. The number of nitrogens with zero attached hydrogens (tertiary/aromatic N) is 1. The first-order valence-corrected chi connectivity index (χ1v) is 11.0. The van der Waals surface area contributed by atoms with Gasteiger partial charge in [0.2, 0.25) is 0 Å². The largest absolute Gasteiger partial charge is 0.466 e. The first-order valence-electron chi connectivity index (χ1n) is 11.0. The monoisotopic (exact) mass is 441 g/mol. The molecule has 0 unspecified atom stereocenters. The minimum absolute atomic E-state index is 0.0442. The number of hydrogen-bond donors (Lipinski definition) is 0. The molecule has 0 radical (unpaired) electrons. The summed E-state index contributed by atoms with van der Waals surface area (Å²) >= 11 is 0. The molecule has 0 fully saturated rings. The van der Waals surface area contributed by atoms with Gasteiger partial charge in [-0.1, -0.05) is 48.5 Å². The van der Waals surface area contributed by atoms with Crippen LogP contribution in [0.25, 0.3) is 11.1 Å². The molecule has 0 aliphatic heterocycles. The van der Waals surface area contributed by atoms with Gasteiger partial charge in [0.05, 0.1) is 39.5 Å². The van der Waals surface area contributed by atoms with Gasteiger partial charge >= 0.3 is 12.1 Å². The highest BCUT2D eigenvalue weighted by molar-refractivity contribution is 5.79. The molecule has 0 spiro atoms. The van der Waals surface area contributed by atoms with E-state index >= 15 is 0 Å². The molecule has 2 aromatic rings. The predicted molar refractivity (Wildman–Crippen MR) is 121 cm³/mol. The fourth-order valence-electron chi connectivity index (χ4n) is 3.71. The number of amides is 1. The van der Waals surface area contributed by atoms with E-state index in [0.717, 1.165) is 0 Å². The number of carbonyl (C=O) groups is 2. The summed E-state index contributed by atoms with van der Waals surface area (Å²) in [6.07, 6.45) is -0.139. The number of hydrogen-bond acceptors (Lipinski definition) is 6. The molecule has 0 heterocycles. The standard InChI is InChI=1S/C25H31NO6/c1-3-31-24(27)12-14-29-16-17-30-15-13-26(2)25(28)32-18-23-21-10-6-4-8-19(21)20-9-5-7-11-22(20)23/h4-11,23H,3,12-18H2,1-2H3. The van der Waals surface area contributed by atoms with E-state index in [1.807, 2.05) is 24.3 Å². The van der Waals surface area contributed by atoms with Crippen molar-refractivity contribution in [3.8, 4) is 11.1 Å². The lowest BCUT2D eigenvalue weighted by atomic mass is 9.98. The van der Waals surface area contributed by atoms with Crippen LogP contribution in [0.15, 0.2) is 48.5 Å². The van der Waals surface area contributed by atoms with Crippen molar-refractivity contribution < 1.29 is 28.5 Å². The maximum absolute atomic E-state index is 12.4. The molecule has 7 nitrogen and oxygen atoms in total. The van der Waals surface area contributed by atoms with E-state index in [1.54, 1.807) is 14.0 Å². The normalized spacial score (nSPS) is 12.2. The van der Waals surface area contributed by atoms with Crippen LogP contribution in [0.2, 0.25) is 0 Å². The zero-order valence-electron chi connectivity index (χ0n) is 18.7. The van der Waals surface area contributed by atoms with E-state index in [0.29, 0.717) is 46.2 Å². The minimum atomic E-state index is -0.374. The molecule has 0 bridgehead atoms. The van der Waals surface area contributed by atoms with Crippen molar-refractivity contribution in [2.75, 3.05) is 53.2 Å². The first kappa shape index (κ1) is 23.8. The molecule has 1 amide bonds. The Kier molecular flexibility index (Phi) is 9.07. The van der Waals surface area contributed by atoms with E-state index in [1.165, 1.54) is 27.2 Å². The lowest BCUT2D eigenvalue weighted by molar-refractivity contribution is -0.144. The molecule has 0 aromatic heterocycles. The summed E-state index contributed by atoms with van der Waals surface area (Å²) < 4.78 is 21.3. The second-order valence-corrected chi connectivity index (χ2v) is 7.51. The van der Waals surface area contributed by atoms with Gasteiger partial charge in [0.1, 0.15) is 6.61 Å². The average Bonchev–Trinajstić information content (AvgIpc) is 3.13. The molecular formula is C25H31NO6. The van der Waals surface area contributed by atoms with Crippen molar-refractivity contribution in [3.05, 3.63) is 59.7 Å². The molecule has 2 aromatic carbocycles. The second-order valence-electron chi connectivity index (χ2n) is 7.51. The third-order valence-corrected chi connectivity index (χ3v) is 5.35. The van der Waals surface area contributed by atoms with Crippen molar-refractivity contribution in [3.63, 3.8) is 0 Å². The maximum atomic E-state index is 12.4. The maximum Gasteiger partial charge on any atom is 0.409 e. The van der Waals surface area contributed by atoms with Gasteiger partial charge in [-0.05, 0) is 29.2 Å². The highest BCUT2D eigenvalue weighted by atomic mass is 16.6. The smallest absolute Gasteiger partial charge is 0.409 e. The highest BCUT2D eigenvalue weighted by Crippen LogP contribution is 2.44. The summed E-state index contributed by atoms with van der Waals surface area (Å²) in [5.74, 6) is -0.221. The van der Waals surface area contributed by atoms with Crippen LogP contribution in [0.4, 0.5) is 4.79 Å². The quantitative estimate of drug-likeness (QED) is 0.368. The second kappa shape index (κ2) is 12.2. The molecule has 1 aliphatic carbocycles. The van der Waals surface area contributed by atoms with Crippen molar-refractivity contribution >= 4 is 12.1 Å². The van der Waals surface area contributed by atoms with Crippen molar-refractivity contribution in [1.82, 2.24) is 4.90 Å². The van der Waals surface area contributed by atoms with Crippen molar-refractivity contribution in [2.45, 2.75) is 19.3 Å². The van der Waals surface area contributed by atoms with Crippen LogP contribution in [0.3, 0.4) is 0 Å². The summed E-state index contributed by atoms with van der Waals surface area (Å²) in [4.78, 5) is 25.1. The van der Waals surface area contributed by atoms with Gasteiger partial charge in [0.15, 0.2) is 0 Å². The molecule has 172 valence electrons. The highest BCUT2D eigenvalue weighted by Gasteiger charge is 2.29. The van der Waals surface area contributed by atoms with E-state index in [4.69, 9.17) is 18.9 Å². The SMILES string of the molecule is CCOC(=O)CCOCCOCCN(C)C(=O)OCC1c2ccccc2-c2ccccc21. The van der Waals surface area contributed by atoms with E-state index in [-0.39, 0.29) is 24.4 Å². The van der Waals surface area contributed by atoms with E-state index in [9.17, 15) is 9.59 Å². The molecule has 0 N–H and O–H groups in total. The molecule has 32 heavy (non-hydrogen) atoms. The van der Waals surface area contributed by atoms with Gasteiger partial charge in [-0.2, -0.15) is 0 Å². The van der Waals surface area contributed by atoms with Crippen LogP contribution in [0.5, 0.6) is 0 Å². The lowest BCUT2D eigenvalue weighted by Crippen LogP contribution is -2.32. The van der Waals surface area contributed by atoms with Crippen LogP contribution >= 0.6 is 0 Å². The third kappa shape index (κ3) is 6.31. The lowest BCUT2D eigenvalue weighted by Gasteiger charge is -2.19. The van der Waals surface area contributed by atoms with Crippen LogP contribution in [-0.2, 0) is 23.7 Å². The fourth-order valence-corrected chi connectivity index (χ4v) is 3.71. The summed E-state index contributed by atoms with van der Waals surface area (Å²) in [5, 5.41) is 0. The molecule has 7 heteroatoms. The average molecular weight is 442 g/mol. The molecule has 3 rings (SSSR count). The van der Waals surface area contributed by atoms with Crippen molar-refractivity contribution in [2.24, 2.45) is 0 Å². The number of rotatable bonds is 12. The van der Waals surface area contributed by atoms with E-state index < -0.39 is 0 Å². The summed E-state index contributed by atoms with van der Waals surface area (Å²) in [6.45, 7) is 4.32. The number of ether oxygens (including phenoxy) is 4. The topological polar surface area (TPSA) is 74.3 Å². The van der Waals surface area contributed by atoms with E-state index in [2.05, 4.69) is 24.3 Å². The van der Waals surface area contributed by atoms with Crippen LogP contribution in [0, 0.1) is 0 Å². The fraction of sp³-hybridized carbons (Fsp3) is 0.440. The number of esters is 1. The Morgan fingerprint density at radius 3 is 2.06 bits per heavy atom. The minimum Gasteiger partial charge on any atom is -0.466 e. The summed E-state index contributed by atoms with van der Waals surface area (Å²) in [6, 6.07) is 16.5. The first-order chi connectivity index (χ1) is 15.6. The number of likely N-dealkylation sites (N-methyl/N-ethyl adjacent to an activating group) is 1. The molecular weight excluding hydrogens is 410 g/mol. The predicted octanol–water partition coefficient (Wildman–Crippen LogP) is 3.85. The Balaban J connectivity index is 1.34. The Morgan fingerprint density at radius 1 is 0.844 bits per heavy atom. The Labute approximate surface area is 189 Å². The van der Waals surface area contributed by atoms with Gasteiger partial charge in [0, 0.05) is 19.5 Å². The number of benzene rings is 2. The van der Waals surface area contributed by atoms with Gasteiger partial charge in [-0.25, -0.2) is 4.79 Å². The van der Waals surface area contributed by atoms with Gasteiger partial charge in [-0.15, -0.1) is 0 Å².